The lowest BCUT2D eigenvalue weighted by Crippen LogP contribution is -2.23. The van der Waals surface area contributed by atoms with Gasteiger partial charge in [0.1, 0.15) is 6.33 Å². The summed E-state index contributed by atoms with van der Waals surface area (Å²) in [6.07, 6.45) is 1.56. The summed E-state index contributed by atoms with van der Waals surface area (Å²) >= 11 is 0. The molecule has 4 aromatic rings. The van der Waals surface area contributed by atoms with Crippen LogP contribution in [0.4, 0.5) is 11.5 Å². The van der Waals surface area contributed by atoms with Crippen LogP contribution >= 0.6 is 0 Å². The van der Waals surface area contributed by atoms with E-state index < -0.39 is 0 Å². The minimum Gasteiger partial charge on any atom is -0.373 e. The molecule has 0 aliphatic carbocycles. The third-order valence-corrected chi connectivity index (χ3v) is 3.64. The smallest absolute Gasteiger partial charge is 0.180 e. The molecule has 0 fully saturated rings. The van der Waals surface area contributed by atoms with Crippen molar-refractivity contribution < 1.29 is 4.84 Å². The Balaban J connectivity index is 1.86. The van der Waals surface area contributed by atoms with Gasteiger partial charge in [-0.3, -0.25) is 0 Å². The first-order valence-corrected chi connectivity index (χ1v) is 7.70. The largest absolute Gasteiger partial charge is 0.373 e. The van der Waals surface area contributed by atoms with E-state index in [4.69, 9.17) is 4.84 Å². The maximum atomic E-state index is 6.14. The standard InChI is InChI=1S/C20H15N3O/c1-3-9-16(10-4-1)23(24-17-11-5-2-6-12-17)20-18-13-7-8-14-19(18)21-15-22-20/h1-15H. The Bertz CT molecular complexity index is 937. The molecule has 24 heavy (non-hydrogen) atoms. The average Bonchev–Trinajstić information content (AvgIpc) is 2.67. The second-order valence-corrected chi connectivity index (χ2v) is 5.25. The molecule has 0 saturated heterocycles. The fourth-order valence-corrected chi connectivity index (χ4v) is 2.52. The zero-order chi connectivity index (χ0) is 16.2. The highest BCUT2D eigenvalue weighted by molar-refractivity contribution is 5.90. The molecule has 0 radical (unpaired) electrons. The third-order valence-electron chi connectivity index (χ3n) is 3.64. The number of anilines is 2. The molecular formula is C20H15N3O. The van der Waals surface area contributed by atoms with Gasteiger partial charge in [0.05, 0.1) is 11.2 Å². The molecule has 3 aromatic carbocycles. The quantitative estimate of drug-likeness (QED) is 0.509. The first kappa shape index (κ1) is 14.2. The van der Waals surface area contributed by atoms with Crippen LogP contribution < -0.4 is 9.90 Å². The van der Waals surface area contributed by atoms with Crippen molar-refractivity contribution in [3.05, 3.63) is 91.3 Å². The van der Waals surface area contributed by atoms with E-state index in [-0.39, 0.29) is 0 Å². The van der Waals surface area contributed by atoms with Gasteiger partial charge in [0.25, 0.3) is 0 Å². The molecule has 0 bridgehead atoms. The van der Waals surface area contributed by atoms with Gasteiger partial charge in [-0.25, -0.2) is 9.97 Å². The Morgan fingerprint density at radius 1 is 0.667 bits per heavy atom. The van der Waals surface area contributed by atoms with E-state index in [9.17, 15) is 0 Å². The third kappa shape index (κ3) is 2.77. The van der Waals surface area contributed by atoms with E-state index in [0.717, 1.165) is 22.3 Å². The van der Waals surface area contributed by atoms with Crippen LogP contribution in [0.5, 0.6) is 5.75 Å². The van der Waals surface area contributed by atoms with Gasteiger partial charge < -0.3 is 4.84 Å². The monoisotopic (exact) mass is 313 g/mol. The first-order chi connectivity index (χ1) is 11.9. The molecule has 4 nitrogen and oxygen atoms in total. The van der Waals surface area contributed by atoms with Crippen LogP contribution in [0.25, 0.3) is 10.9 Å². The Morgan fingerprint density at radius 2 is 1.33 bits per heavy atom. The fraction of sp³-hybridized carbons (Fsp3) is 0. The summed E-state index contributed by atoms with van der Waals surface area (Å²) in [5, 5.41) is 2.67. The van der Waals surface area contributed by atoms with Crippen molar-refractivity contribution in [2.75, 3.05) is 5.06 Å². The summed E-state index contributed by atoms with van der Waals surface area (Å²) in [5.74, 6) is 1.44. The highest BCUT2D eigenvalue weighted by Crippen LogP contribution is 2.30. The summed E-state index contributed by atoms with van der Waals surface area (Å²) in [4.78, 5) is 14.9. The summed E-state index contributed by atoms with van der Waals surface area (Å²) in [6, 6.07) is 27.5. The van der Waals surface area contributed by atoms with Crippen LogP contribution in [0.1, 0.15) is 0 Å². The average molecular weight is 313 g/mol. The molecule has 0 spiro atoms. The first-order valence-electron chi connectivity index (χ1n) is 7.70. The molecule has 0 saturated carbocycles. The van der Waals surface area contributed by atoms with Gasteiger partial charge in [-0.2, -0.15) is 5.06 Å². The van der Waals surface area contributed by atoms with Crippen molar-refractivity contribution in [3.63, 3.8) is 0 Å². The van der Waals surface area contributed by atoms with Gasteiger partial charge >= 0.3 is 0 Å². The lowest BCUT2D eigenvalue weighted by molar-refractivity contribution is 0.321. The van der Waals surface area contributed by atoms with Gasteiger partial charge in [0.15, 0.2) is 11.6 Å². The number of hydrogen-bond acceptors (Lipinski definition) is 4. The number of hydrogen-bond donors (Lipinski definition) is 0. The summed E-state index contributed by atoms with van der Waals surface area (Å²) in [6.45, 7) is 0. The molecule has 4 heteroatoms. The van der Waals surface area contributed by atoms with Gasteiger partial charge in [0.2, 0.25) is 0 Å². The zero-order valence-corrected chi connectivity index (χ0v) is 12.9. The summed E-state index contributed by atoms with van der Waals surface area (Å²) < 4.78 is 0. The Hall–Kier alpha value is -3.40. The number of fused-ring (bicyclic) bond motifs is 1. The second kappa shape index (κ2) is 6.38. The number of nitrogens with zero attached hydrogens (tertiary/aromatic N) is 3. The van der Waals surface area contributed by atoms with Crippen molar-refractivity contribution in [1.82, 2.24) is 9.97 Å². The van der Waals surface area contributed by atoms with E-state index in [1.807, 2.05) is 84.9 Å². The van der Waals surface area contributed by atoms with Gasteiger partial charge in [0, 0.05) is 5.39 Å². The van der Waals surface area contributed by atoms with E-state index >= 15 is 0 Å². The van der Waals surface area contributed by atoms with E-state index in [1.165, 1.54) is 0 Å². The molecule has 0 amide bonds. The lowest BCUT2D eigenvalue weighted by atomic mass is 10.2. The number of benzene rings is 3. The molecular weight excluding hydrogens is 298 g/mol. The molecule has 116 valence electrons. The zero-order valence-electron chi connectivity index (χ0n) is 12.9. The molecule has 0 atom stereocenters. The van der Waals surface area contributed by atoms with E-state index in [2.05, 4.69) is 9.97 Å². The van der Waals surface area contributed by atoms with Crippen LogP contribution in [0, 0.1) is 0 Å². The molecule has 0 aliphatic heterocycles. The Kier molecular flexibility index (Phi) is 3.78. The minimum atomic E-state index is 0.704. The van der Waals surface area contributed by atoms with Crippen LogP contribution in [-0.4, -0.2) is 9.97 Å². The maximum Gasteiger partial charge on any atom is 0.180 e. The van der Waals surface area contributed by atoms with Crippen LogP contribution in [0.2, 0.25) is 0 Å². The predicted octanol–water partition coefficient (Wildman–Crippen LogP) is 4.76. The molecule has 1 heterocycles. The number of rotatable bonds is 4. The van der Waals surface area contributed by atoms with Crippen molar-refractivity contribution in [1.29, 1.82) is 0 Å². The molecule has 0 aliphatic rings. The van der Waals surface area contributed by atoms with Gasteiger partial charge in [-0.1, -0.05) is 48.5 Å². The molecule has 1 aromatic heterocycles. The number of para-hydroxylation sites is 3. The van der Waals surface area contributed by atoms with Crippen LogP contribution in [0.3, 0.4) is 0 Å². The molecule has 0 unspecified atom stereocenters. The van der Waals surface area contributed by atoms with Crippen LogP contribution in [0.15, 0.2) is 91.3 Å². The van der Waals surface area contributed by atoms with E-state index in [0.29, 0.717) is 5.82 Å². The summed E-state index contributed by atoms with van der Waals surface area (Å²) in [7, 11) is 0. The van der Waals surface area contributed by atoms with Gasteiger partial charge in [-0.15, -0.1) is 0 Å². The Morgan fingerprint density at radius 3 is 2.12 bits per heavy atom. The SMILES string of the molecule is c1ccc(ON(c2ccccc2)c2ncnc3ccccc23)cc1. The lowest BCUT2D eigenvalue weighted by Gasteiger charge is -2.24. The highest BCUT2D eigenvalue weighted by Gasteiger charge is 2.16. The van der Waals surface area contributed by atoms with Gasteiger partial charge in [-0.05, 0) is 36.4 Å². The fourth-order valence-electron chi connectivity index (χ4n) is 2.52. The predicted molar refractivity (Wildman–Crippen MR) is 95.2 cm³/mol. The van der Waals surface area contributed by atoms with Crippen molar-refractivity contribution in [2.24, 2.45) is 0 Å². The summed E-state index contributed by atoms with van der Waals surface area (Å²) in [5.41, 5.74) is 1.77. The normalized spacial score (nSPS) is 10.5. The second-order valence-electron chi connectivity index (χ2n) is 5.25. The van der Waals surface area contributed by atoms with E-state index in [1.54, 1.807) is 11.4 Å². The molecule has 4 rings (SSSR count). The highest BCUT2D eigenvalue weighted by atomic mass is 16.7. The molecule has 0 N–H and O–H groups in total. The minimum absolute atomic E-state index is 0.704. The van der Waals surface area contributed by atoms with Crippen LogP contribution in [-0.2, 0) is 0 Å². The Labute approximate surface area is 139 Å². The maximum absolute atomic E-state index is 6.14. The number of aromatic nitrogens is 2. The van der Waals surface area contributed by atoms with Crippen molar-refractivity contribution in [2.45, 2.75) is 0 Å². The topological polar surface area (TPSA) is 38.2 Å². The van der Waals surface area contributed by atoms with Crippen molar-refractivity contribution >= 4 is 22.4 Å². The van der Waals surface area contributed by atoms with Crippen molar-refractivity contribution in [3.8, 4) is 5.75 Å².